The predicted octanol–water partition coefficient (Wildman–Crippen LogP) is 1.55. The van der Waals surface area contributed by atoms with Crippen LogP contribution in [0.15, 0.2) is 14.6 Å². The molecule has 1 aliphatic carbocycles. The molecule has 128 valence electrons. The molecule has 1 saturated carbocycles. The fourth-order valence-electron chi connectivity index (χ4n) is 3.02. The lowest BCUT2D eigenvalue weighted by atomic mass is 9.75. The molecule has 0 amide bonds. The Morgan fingerprint density at radius 1 is 1.39 bits per heavy atom. The van der Waals surface area contributed by atoms with Crippen molar-refractivity contribution < 1.29 is 9.53 Å². The molecule has 2 rings (SSSR count). The molecule has 0 radical (unpaired) electrons. The third-order valence-corrected chi connectivity index (χ3v) is 5.18. The molecule has 1 aliphatic rings. The Hall–Kier alpha value is -1.57. The molecule has 0 spiro atoms. The molecule has 1 fully saturated rings. The third kappa shape index (κ3) is 4.95. The third-order valence-electron chi connectivity index (χ3n) is 4.25. The second kappa shape index (κ2) is 7.81. The van der Waals surface area contributed by atoms with Gasteiger partial charge in [0.15, 0.2) is 5.03 Å². The standard InChI is InChI=1S/C15H23N3O4S/c1-8(2)10-5-4-9(3)6-11(10)22-12(19)7-23-14-13(20)16-15(21)18-17-14/h8-11H,4-7H2,1-3H3,(H2,16,18,20,21)/t9-,10-,11+/m0/s1. The molecule has 1 heterocycles. The van der Waals surface area contributed by atoms with Crippen LogP contribution in [0.3, 0.4) is 0 Å². The summed E-state index contributed by atoms with van der Waals surface area (Å²) in [4.78, 5) is 36.6. The summed E-state index contributed by atoms with van der Waals surface area (Å²) in [6.07, 6.45) is 3.07. The summed E-state index contributed by atoms with van der Waals surface area (Å²) in [5.74, 6) is 1.05. The van der Waals surface area contributed by atoms with Gasteiger partial charge in [0, 0.05) is 0 Å². The summed E-state index contributed by atoms with van der Waals surface area (Å²) in [6.45, 7) is 6.48. The van der Waals surface area contributed by atoms with Crippen molar-refractivity contribution in [2.75, 3.05) is 5.75 Å². The molecule has 2 N–H and O–H groups in total. The minimum atomic E-state index is -0.669. The molecule has 0 unspecified atom stereocenters. The van der Waals surface area contributed by atoms with E-state index in [0.717, 1.165) is 24.6 Å². The van der Waals surface area contributed by atoms with Crippen molar-refractivity contribution in [3.63, 3.8) is 0 Å². The van der Waals surface area contributed by atoms with Crippen LogP contribution in [0.25, 0.3) is 0 Å². The highest BCUT2D eigenvalue weighted by Crippen LogP contribution is 2.35. The molecular formula is C15H23N3O4S. The van der Waals surface area contributed by atoms with E-state index in [1.807, 2.05) is 0 Å². The van der Waals surface area contributed by atoms with Crippen LogP contribution in [0.2, 0.25) is 0 Å². The van der Waals surface area contributed by atoms with Crippen molar-refractivity contribution in [2.45, 2.75) is 51.2 Å². The molecule has 0 saturated heterocycles. The van der Waals surface area contributed by atoms with E-state index >= 15 is 0 Å². The normalized spacial score (nSPS) is 24.6. The highest BCUT2D eigenvalue weighted by atomic mass is 32.2. The largest absolute Gasteiger partial charge is 0.461 e. The van der Waals surface area contributed by atoms with Crippen molar-refractivity contribution in [1.29, 1.82) is 0 Å². The predicted molar refractivity (Wildman–Crippen MR) is 87.4 cm³/mol. The Bertz CT molecular complexity index is 655. The van der Waals surface area contributed by atoms with E-state index in [-0.39, 0.29) is 22.9 Å². The number of aromatic nitrogens is 3. The average Bonchev–Trinajstić information content (AvgIpc) is 2.46. The summed E-state index contributed by atoms with van der Waals surface area (Å²) in [5, 5.41) is 5.82. The Morgan fingerprint density at radius 2 is 2.13 bits per heavy atom. The van der Waals surface area contributed by atoms with Crippen LogP contribution in [0.4, 0.5) is 0 Å². The minimum absolute atomic E-state index is 0.00216. The fraction of sp³-hybridized carbons (Fsp3) is 0.733. The molecule has 23 heavy (non-hydrogen) atoms. The fourth-order valence-corrected chi connectivity index (χ4v) is 3.63. The van der Waals surface area contributed by atoms with Gasteiger partial charge < -0.3 is 4.74 Å². The Labute approximate surface area is 138 Å². The van der Waals surface area contributed by atoms with Gasteiger partial charge in [0.05, 0.1) is 5.75 Å². The van der Waals surface area contributed by atoms with Crippen LogP contribution in [0.1, 0.15) is 40.0 Å². The smallest absolute Gasteiger partial charge is 0.342 e. The molecule has 3 atom stereocenters. The van der Waals surface area contributed by atoms with E-state index in [4.69, 9.17) is 4.74 Å². The van der Waals surface area contributed by atoms with Gasteiger partial charge in [-0.1, -0.05) is 39.0 Å². The highest BCUT2D eigenvalue weighted by Gasteiger charge is 2.33. The van der Waals surface area contributed by atoms with E-state index in [0.29, 0.717) is 17.8 Å². The molecule has 7 nitrogen and oxygen atoms in total. The van der Waals surface area contributed by atoms with Crippen molar-refractivity contribution in [3.8, 4) is 0 Å². The first kappa shape index (κ1) is 17.8. The number of rotatable bonds is 5. The minimum Gasteiger partial charge on any atom is -0.461 e. The topological polar surface area (TPSA) is 105 Å². The van der Waals surface area contributed by atoms with E-state index in [2.05, 4.69) is 36.0 Å². The van der Waals surface area contributed by atoms with Crippen LogP contribution in [-0.4, -0.2) is 33.0 Å². The molecular weight excluding hydrogens is 318 g/mol. The van der Waals surface area contributed by atoms with Gasteiger partial charge in [-0.05, 0) is 30.6 Å². The summed E-state index contributed by atoms with van der Waals surface area (Å²) in [5.41, 5.74) is -1.27. The number of hydrogen-bond acceptors (Lipinski definition) is 6. The number of thioether (sulfide) groups is 1. The Balaban J connectivity index is 1.92. The highest BCUT2D eigenvalue weighted by molar-refractivity contribution is 7.99. The molecule has 1 aromatic rings. The van der Waals surface area contributed by atoms with Crippen molar-refractivity contribution in [3.05, 3.63) is 20.8 Å². The zero-order chi connectivity index (χ0) is 17.0. The molecule has 1 aromatic heterocycles. The number of carbonyl (C=O) groups is 1. The van der Waals surface area contributed by atoms with E-state index in [1.54, 1.807) is 0 Å². The number of H-pyrrole nitrogens is 2. The summed E-state index contributed by atoms with van der Waals surface area (Å²) < 4.78 is 5.65. The second-order valence-corrected chi connectivity index (χ2v) is 7.42. The molecule has 0 aromatic carbocycles. The van der Waals surface area contributed by atoms with Crippen molar-refractivity contribution in [1.82, 2.24) is 15.2 Å². The number of ether oxygens (including phenoxy) is 1. The number of nitrogens with zero attached hydrogens (tertiary/aromatic N) is 1. The maximum absolute atomic E-state index is 12.1. The Kier molecular flexibility index (Phi) is 6.04. The lowest BCUT2D eigenvalue weighted by Gasteiger charge is -2.36. The SMILES string of the molecule is CC(C)[C@@H]1CC[C@H](C)C[C@H]1OC(=O)CSc1n[nH]c(=O)[nH]c1=O. The zero-order valence-electron chi connectivity index (χ0n) is 13.6. The number of nitrogens with one attached hydrogen (secondary N) is 2. The first-order valence-electron chi connectivity index (χ1n) is 7.88. The van der Waals surface area contributed by atoms with Crippen molar-refractivity contribution >= 4 is 17.7 Å². The van der Waals surface area contributed by atoms with E-state index < -0.39 is 11.2 Å². The van der Waals surface area contributed by atoms with E-state index in [9.17, 15) is 14.4 Å². The number of hydrogen-bond donors (Lipinski definition) is 2. The van der Waals surface area contributed by atoms with Crippen LogP contribution >= 0.6 is 11.8 Å². The molecule has 8 heteroatoms. The average molecular weight is 341 g/mol. The first-order valence-corrected chi connectivity index (χ1v) is 8.86. The first-order chi connectivity index (χ1) is 10.9. The summed E-state index contributed by atoms with van der Waals surface area (Å²) >= 11 is 0.963. The van der Waals surface area contributed by atoms with Gasteiger partial charge >= 0.3 is 11.7 Å². The Morgan fingerprint density at radius 3 is 2.78 bits per heavy atom. The lowest BCUT2D eigenvalue weighted by molar-refractivity contribution is -0.152. The van der Waals surface area contributed by atoms with Gasteiger partial charge in [-0.25, -0.2) is 9.89 Å². The van der Waals surface area contributed by atoms with Crippen LogP contribution in [-0.2, 0) is 9.53 Å². The zero-order valence-corrected chi connectivity index (χ0v) is 14.4. The summed E-state index contributed by atoms with van der Waals surface area (Å²) in [6, 6.07) is 0. The van der Waals surface area contributed by atoms with Gasteiger partial charge in [0.25, 0.3) is 5.56 Å². The van der Waals surface area contributed by atoms with Gasteiger partial charge in [0.2, 0.25) is 0 Å². The maximum Gasteiger partial charge on any atom is 0.342 e. The van der Waals surface area contributed by atoms with Gasteiger partial charge in [-0.2, -0.15) is 5.10 Å². The van der Waals surface area contributed by atoms with Crippen LogP contribution in [0, 0.1) is 17.8 Å². The van der Waals surface area contributed by atoms with E-state index in [1.165, 1.54) is 6.42 Å². The monoisotopic (exact) mass is 341 g/mol. The van der Waals surface area contributed by atoms with Crippen LogP contribution in [0.5, 0.6) is 0 Å². The van der Waals surface area contributed by atoms with Gasteiger partial charge in [-0.3, -0.25) is 14.6 Å². The lowest BCUT2D eigenvalue weighted by Crippen LogP contribution is -2.36. The van der Waals surface area contributed by atoms with Crippen molar-refractivity contribution in [2.24, 2.45) is 17.8 Å². The second-order valence-electron chi connectivity index (χ2n) is 6.46. The maximum atomic E-state index is 12.1. The van der Waals surface area contributed by atoms with Gasteiger partial charge in [-0.15, -0.1) is 0 Å². The summed E-state index contributed by atoms with van der Waals surface area (Å²) in [7, 11) is 0. The molecule has 0 bridgehead atoms. The number of carbonyl (C=O) groups excluding carboxylic acids is 1. The van der Waals surface area contributed by atoms with Crippen LogP contribution < -0.4 is 11.2 Å². The van der Waals surface area contributed by atoms with Gasteiger partial charge in [0.1, 0.15) is 6.10 Å². The quantitative estimate of drug-likeness (QED) is 0.622. The number of aromatic amines is 2. The number of esters is 1. The molecule has 0 aliphatic heterocycles.